The zero-order valence-corrected chi connectivity index (χ0v) is 10.2. The molecule has 0 aliphatic carbocycles. The Kier molecular flexibility index (Phi) is 2.77. The second-order valence-corrected chi connectivity index (χ2v) is 5.23. The van der Waals surface area contributed by atoms with Gasteiger partial charge < -0.3 is 4.90 Å². The number of aryl methyl sites for hydroxylation is 1. The van der Waals surface area contributed by atoms with E-state index in [1.54, 1.807) is 0 Å². The summed E-state index contributed by atoms with van der Waals surface area (Å²) < 4.78 is 0. The van der Waals surface area contributed by atoms with Gasteiger partial charge in [0.25, 0.3) is 0 Å². The second kappa shape index (κ2) is 3.89. The first-order valence-corrected chi connectivity index (χ1v) is 5.90. The molecule has 1 aromatic rings. The fraction of sp³-hybridized carbons (Fsp3) is 0.545. The summed E-state index contributed by atoms with van der Waals surface area (Å²) in [5.41, 5.74) is 2.39. The molecule has 1 aromatic heterocycles. The maximum atomic E-state index is 4.21. The van der Waals surface area contributed by atoms with Crippen molar-refractivity contribution < 1.29 is 0 Å². The SMILES string of the molecule is Cc1cc(N2CC(C)C(Br)C2)ccn1. The summed E-state index contributed by atoms with van der Waals surface area (Å²) in [5.74, 6) is 0.725. The summed E-state index contributed by atoms with van der Waals surface area (Å²) in [7, 11) is 0. The molecular weight excluding hydrogens is 240 g/mol. The summed E-state index contributed by atoms with van der Waals surface area (Å²) in [5, 5.41) is 0. The molecule has 1 saturated heterocycles. The van der Waals surface area contributed by atoms with Crippen LogP contribution in [0.15, 0.2) is 18.3 Å². The van der Waals surface area contributed by atoms with Crippen LogP contribution >= 0.6 is 15.9 Å². The maximum Gasteiger partial charge on any atom is 0.0400 e. The lowest BCUT2D eigenvalue weighted by atomic mass is 10.2. The first-order chi connectivity index (χ1) is 6.66. The van der Waals surface area contributed by atoms with Crippen molar-refractivity contribution in [2.75, 3.05) is 18.0 Å². The molecule has 0 spiro atoms. The van der Waals surface area contributed by atoms with E-state index in [9.17, 15) is 0 Å². The Hall–Kier alpha value is -0.570. The minimum absolute atomic E-state index is 0.621. The highest BCUT2D eigenvalue weighted by Gasteiger charge is 2.27. The number of anilines is 1. The van der Waals surface area contributed by atoms with Crippen LogP contribution in [0.5, 0.6) is 0 Å². The molecule has 0 bridgehead atoms. The van der Waals surface area contributed by atoms with Gasteiger partial charge in [-0.05, 0) is 25.0 Å². The van der Waals surface area contributed by atoms with Crippen LogP contribution in [-0.4, -0.2) is 22.9 Å². The van der Waals surface area contributed by atoms with Gasteiger partial charge in [-0.3, -0.25) is 4.98 Å². The second-order valence-electron chi connectivity index (χ2n) is 4.05. The van der Waals surface area contributed by atoms with Crippen molar-refractivity contribution in [1.29, 1.82) is 0 Å². The Balaban J connectivity index is 2.17. The van der Waals surface area contributed by atoms with Gasteiger partial charge in [0.1, 0.15) is 0 Å². The van der Waals surface area contributed by atoms with Crippen molar-refractivity contribution in [3.63, 3.8) is 0 Å². The number of hydrogen-bond donors (Lipinski definition) is 0. The Morgan fingerprint density at radius 3 is 2.86 bits per heavy atom. The van der Waals surface area contributed by atoms with Crippen molar-refractivity contribution in [1.82, 2.24) is 4.98 Å². The summed E-state index contributed by atoms with van der Waals surface area (Å²) in [6.07, 6.45) is 1.89. The Labute approximate surface area is 93.5 Å². The molecule has 0 N–H and O–H groups in total. The molecule has 0 aromatic carbocycles. The van der Waals surface area contributed by atoms with E-state index in [4.69, 9.17) is 0 Å². The molecule has 3 heteroatoms. The largest absolute Gasteiger partial charge is 0.370 e. The lowest BCUT2D eigenvalue weighted by molar-refractivity contribution is 0.680. The standard InChI is InChI=1S/C11H15BrN2/c1-8-6-14(7-11(8)12)10-3-4-13-9(2)5-10/h3-5,8,11H,6-7H2,1-2H3. The molecular formula is C11H15BrN2. The van der Waals surface area contributed by atoms with Crippen molar-refractivity contribution in [2.45, 2.75) is 18.7 Å². The first kappa shape index (κ1) is 9.97. The molecule has 2 atom stereocenters. The quantitative estimate of drug-likeness (QED) is 0.717. The maximum absolute atomic E-state index is 4.21. The minimum Gasteiger partial charge on any atom is -0.370 e. The molecule has 1 aliphatic rings. The highest BCUT2D eigenvalue weighted by atomic mass is 79.9. The van der Waals surface area contributed by atoms with Crippen LogP contribution in [-0.2, 0) is 0 Å². The lowest BCUT2D eigenvalue weighted by Crippen LogP contribution is -2.19. The van der Waals surface area contributed by atoms with Crippen molar-refractivity contribution in [2.24, 2.45) is 5.92 Å². The fourth-order valence-electron chi connectivity index (χ4n) is 1.87. The van der Waals surface area contributed by atoms with E-state index < -0.39 is 0 Å². The predicted molar refractivity (Wildman–Crippen MR) is 63.1 cm³/mol. The molecule has 1 fully saturated rings. The molecule has 0 saturated carbocycles. The molecule has 14 heavy (non-hydrogen) atoms. The summed E-state index contributed by atoms with van der Waals surface area (Å²) in [6, 6.07) is 4.24. The lowest BCUT2D eigenvalue weighted by Gasteiger charge is -2.18. The molecule has 2 unspecified atom stereocenters. The van der Waals surface area contributed by atoms with Crippen molar-refractivity contribution in [3.8, 4) is 0 Å². The summed E-state index contributed by atoms with van der Waals surface area (Å²) >= 11 is 3.70. The number of pyridine rings is 1. The number of rotatable bonds is 1. The molecule has 0 amide bonds. The van der Waals surface area contributed by atoms with Crippen LogP contribution in [0.3, 0.4) is 0 Å². The normalized spacial score (nSPS) is 26.9. The third-order valence-electron chi connectivity index (χ3n) is 2.77. The Bertz CT molecular complexity index is 317. The van der Waals surface area contributed by atoms with Gasteiger partial charge in [-0.25, -0.2) is 0 Å². The average molecular weight is 255 g/mol. The zero-order valence-electron chi connectivity index (χ0n) is 8.57. The third-order valence-corrected chi connectivity index (χ3v) is 3.96. The van der Waals surface area contributed by atoms with E-state index >= 15 is 0 Å². The monoisotopic (exact) mass is 254 g/mol. The van der Waals surface area contributed by atoms with Crippen molar-refractivity contribution in [3.05, 3.63) is 24.0 Å². The molecule has 2 nitrogen and oxygen atoms in total. The zero-order chi connectivity index (χ0) is 10.1. The van der Waals surface area contributed by atoms with Crippen LogP contribution < -0.4 is 4.90 Å². The predicted octanol–water partition coefficient (Wildman–Crippen LogP) is 2.61. The van der Waals surface area contributed by atoms with E-state index in [2.05, 4.69) is 44.9 Å². The van der Waals surface area contributed by atoms with E-state index in [1.807, 2.05) is 13.1 Å². The van der Waals surface area contributed by atoms with Crippen molar-refractivity contribution >= 4 is 21.6 Å². The number of halogens is 1. The molecule has 76 valence electrons. The Morgan fingerprint density at radius 1 is 1.50 bits per heavy atom. The van der Waals surface area contributed by atoms with Crippen LogP contribution in [0.1, 0.15) is 12.6 Å². The van der Waals surface area contributed by atoms with Gasteiger partial charge in [-0.15, -0.1) is 0 Å². The fourth-order valence-corrected chi connectivity index (χ4v) is 2.38. The van der Waals surface area contributed by atoms with Gasteiger partial charge in [0.2, 0.25) is 0 Å². The summed E-state index contributed by atoms with van der Waals surface area (Å²) in [4.78, 5) is 7.25. The number of aromatic nitrogens is 1. The van der Waals surface area contributed by atoms with Gasteiger partial charge in [0.15, 0.2) is 0 Å². The number of nitrogens with zero attached hydrogens (tertiary/aromatic N) is 2. The molecule has 2 heterocycles. The highest BCUT2D eigenvalue weighted by molar-refractivity contribution is 9.09. The Morgan fingerprint density at radius 2 is 2.29 bits per heavy atom. The first-order valence-electron chi connectivity index (χ1n) is 4.98. The van der Waals surface area contributed by atoms with Crippen LogP contribution in [0.4, 0.5) is 5.69 Å². The highest BCUT2D eigenvalue weighted by Crippen LogP contribution is 2.27. The van der Waals surface area contributed by atoms with Crippen LogP contribution in [0.2, 0.25) is 0 Å². The minimum atomic E-state index is 0.621. The molecule has 0 radical (unpaired) electrons. The van der Waals surface area contributed by atoms with Gasteiger partial charge in [0.05, 0.1) is 0 Å². The topological polar surface area (TPSA) is 16.1 Å². The van der Waals surface area contributed by atoms with Gasteiger partial charge in [-0.2, -0.15) is 0 Å². The third kappa shape index (κ3) is 1.92. The van der Waals surface area contributed by atoms with E-state index in [-0.39, 0.29) is 0 Å². The number of alkyl halides is 1. The van der Waals surface area contributed by atoms with Gasteiger partial charge in [-0.1, -0.05) is 22.9 Å². The van der Waals surface area contributed by atoms with E-state index in [0.717, 1.165) is 24.7 Å². The molecule has 2 rings (SSSR count). The number of hydrogen-bond acceptors (Lipinski definition) is 2. The average Bonchev–Trinajstić information content (AvgIpc) is 2.47. The van der Waals surface area contributed by atoms with Crippen LogP contribution in [0, 0.1) is 12.8 Å². The van der Waals surface area contributed by atoms with Gasteiger partial charge >= 0.3 is 0 Å². The van der Waals surface area contributed by atoms with E-state index in [1.165, 1.54) is 5.69 Å². The van der Waals surface area contributed by atoms with Gasteiger partial charge in [0, 0.05) is 35.5 Å². The molecule has 1 aliphatic heterocycles. The summed E-state index contributed by atoms with van der Waals surface area (Å²) in [6.45, 7) is 6.56. The van der Waals surface area contributed by atoms with Crippen LogP contribution in [0.25, 0.3) is 0 Å². The smallest absolute Gasteiger partial charge is 0.0400 e. The van der Waals surface area contributed by atoms with E-state index in [0.29, 0.717) is 4.83 Å².